The number of hydrogen-bond acceptors (Lipinski definition) is 4. The van der Waals surface area contributed by atoms with E-state index in [1.54, 1.807) is 0 Å². The summed E-state index contributed by atoms with van der Waals surface area (Å²) < 4.78 is 11.3. The Balaban J connectivity index is 1.68. The quantitative estimate of drug-likeness (QED) is 0.479. The smallest absolute Gasteiger partial charge is 0.309 e. The number of carbonyl (C=O) groups is 1. The summed E-state index contributed by atoms with van der Waals surface area (Å²) in [5, 5.41) is 0. The average molecular weight is 394 g/mol. The standard InChI is InChI=1S/C25H31NO3/c1-25(2,3)29-24(27)16-23-22(14-15-28-23)19-26(17-20-10-6-4-7-11-20)18-21-12-8-5-9-13-21/h4-14,23H,15-19H2,1-3H3. The summed E-state index contributed by atoms with van der Waals surface area (Å²) in [6.07, 6.45) is 2.16. The number of ether oxygens (including phenoxy) is 2. The van der Waals surface area contributed by atoms with Gasteiger partial charge in [0.25, 0.3) is 0 Å². The molecule has 0 N–H and O–H groups in total. The molecule has 29 heavy (non-hydrogen) atoms. The van der Waals surface area contributed by atoms with Crippen molar-refractivity contribution in [3.05, 3.63) is 83.4 Å². The van der Waals surface area contributed by atoms with Crippen molar-refractivity contribution in [2.24, 2.45) is 0 Å². The molecule has 1 aliphatic heterocycles. The summed E-state index contributed by atoms with van der Waals surface area (Å²) >= 11 is 0. The van der Waals surface area contributed by atoms with Gasteiger partial charge in [-0.3, -0.25) is 9.69 Å². The van der Waals surface area contributed by atoms with Crippen molar-refractivity contribution in [2.45, 2.75) is 52.0 Å². The molecule has 0 saturated carbocycles. The van der Waals surface area contributed by atoms with Crippen molar-refractivity contribution in [3.63, 3.8) is 0 Å². The summed E-state index contributed by atoms with van der Waals surface area (Å²) in [6.45, 7) is 8.65. The van der Waals surface area contributed by atoms with Gasteiger partial charge in [-0.1, -0.05) is 66.7 Å². The lowest BCUT2D eigenvalue weighted by atomic mass is 10.1. The minimum Gasteiger partial charge on any atom is -0.460 e. The second kappa shape index (κ2) is 9.86. The van der Waals surface area contributed by atoms with E-state index in [4.69, 9.17) is 9.47 Å². The number of hydrogen-bond donors (Lipinski definition) is 0. The van der Waals surface area contributed by atoms with Crippen LogP contribution < -0.4 is 0 Å². The summed E-state index contributed by atoms with van der Waals surface area (Å²) in [5.74, 6) is -0.215. The second-order valence-electron chi connectivity index (χ2n) is 8.51. The molecule has 1 heterocycles. The van der Waals surface area contributed by atoms with E-state index in [1.807, 2.05) is 32.9 Å². The fourth-order valence-electron chi connectivity index (χ4n) is 3.51. The first kappa shape index (κ1) is 21.3. The van der Waals surface area contributed by atoms with Crippen molar-refractivity contribution in [1.82, 2.24) is 4.90 Å². The van der Waals surface area contributed by atoms with Crippen molar-refractivity contribution in [1.29, 1.82) is 0 Å². The number of carbonyl (C=O) groups excluding carboxylic acids is 1. The number of esters is 1. The molecule has 4 nitrogen and oxygen atoms in total. The Morgan fingerprint density at radius 1 is 0.966 bits per heavy atom. The molecule has 0 bridgehead atoms. The van der Waals surface area contributed by atoms with Gasteiger partial charge in [0.05, 0.1) is 19.1 Å². The summed E-state index contributed by atoms with van der Waals surface area (Å²) in [4.78, 5) is 14.7. The van der Waals surface area contributed by atoms with E-state index < -0.39 is 5.60 Å². The normalized spacial score (nSPS) is 16.7. The molecular formula is C25H31NO3. The average Bonchev–Trinajstić information content (AvgIpc) is 3.08. The van der Waals surface area contributed by atoms with Crippen molar-refractivity contribution in [2.75, 3.05) is 13.2 Å². The van der Waals surface area contributed by atoms with Crippen LogP contribution in [-0.2, 0) is 27.4 Å². The molecule has 0 fully saturated rings. The maximum atomic E-state index is 12.3. The lowest BCUT2D eigenvalue weighted by molar-refractivity contribution is -0.157. The van der Waals surface area contributed by atoms with E-state index in [0.29, 0.717) is 6.61 Å². The third kappa shape index (κ3) is 7.15. The maximum absolute atomic E-state index is 12.3. The molecule has 154 valence electrons. The monoisotopic (exact) mass is 393 g/mol. The number of benzene rings is 2. The Morgan fingerprint density at radius 3 is 2.03 bits per heavy atom. The topological polar surface area (TPSA) is 38.8 Å². The largest absolute Gasteiger partial charge is 0.460 e. The van der Waals surface area contributed by atoms with Crippen LogP contribution in [-0.4, -0.2) is 35.7 Å². The van der Waals surface area contributed by atoms with Gasteiger partial charge in [0, 0.05) is 19.6 Å². The molecule has 3 rings (SSSR count). The fraction of sp³-hybridized carbons (Fsp3) is 0.400. The molecule has 4 heteroatoms. The van der Waals surface area contributed by atoms with Gasteiger partial charge in [-0.05, 0) is 37.5 Å². The van der Waals surface area contributed by atoms with Crippen LogP contribution in [0, 0.1) is 0 Å². The van der Waals surface area contributed by atoms with Gasteiger partial charge < -0.3 is 9.47 Å². The number of nitrogens with zero attached hydrogens (tertiary/aromatic N) is 1. The van der Waals surface area contributed by atoms with E-state index in [-0.39, 0.29) is 18.5 Å². The summed E-state index contributed by atoms with van der Waals surface area (Å²) in [7, 11) is 0. The van der Waals surface area contributed by atoms with Crippen molar-refractivity contribution >= 4 is 5.97 Å². The Labute approximate surface area is 174 Å². The molecule has 0 aromatic heterocycles. The van der Waals surface area contributed by atoms with E-state index in [1.165, 1.54) is 11.1 Å². The Kier molecular flexibility index (Phi) is 7.24. The van der Waals surface area contributed by atoms with Gasteiger partial charge in [-0.2, -0.15) is 0 Å². The lowest BCUT2D eigenvalue weighted by Crippen LogP contribution is -2.31. The van der Waals surface area contributed by atoms with Crippen LogP contribution in [0.2, 0.25) is 0 Å². The van der Waals surface area contributed by atoms with Crippen LogP contribution in [0.25, 0.3) is 0 Å². The summed E-state index contributed by atoms with van der Waals surface area (Å²) in [6, 6.07) is 20.9. The fourth-order valence-corrected chi connectivity index (χ4v) is 3.51. The first-order valence-corrected chi connectivity index (χ1v) is 10.2. The van der Waals surface area contributed by atoms with Gasteiger partial charge in [0.2, 0.25) is 0 Å². The Bertz CT molecular complexity index is 767. The van der Waals surface area contributed by atoms with Crippen LogP contribution in [0.3, 0.4) is 0 Å². The highest BCUT2D eigenvalue weighted by Gasteiger charge is 2.27. The van der Waals surface area contributed by atoms with Gasteiger partial charge in [-0.15, -0.1) is 0 Å². The first-order chi connectivity index (χ1) is 13.9. The summed E-state index contributed by atoms with van der Waals surface area (Å²) in [5.41, 5.74) is 3.22. The Hall–Kier alpha value is -2.43. The molecule has 0 saturated heterocycles. The third-order valence-corrected chi connectivity index (χ3v) is 4.73. The van der Waals surface area contributed by atoms with Gasteiger partial charge in [0.15, 0.2) is 0 Å². The highest BCUT2D eigenvalue weighted by molar-refractivity contribution is 5.71. The molecule has 2 aromatic rings. The molecule has 1 aliphatic rings. The molecule has 0 spiro atoms. The van der Waals surface area contributed by atoms with Crippen LogP contribution in [0.5, 0.6) is 0 Å². The minimum atomic E-state index is -0.480. The predicted molar refractivity (Wildman–Crippen MR) is 115 cm³/mol. The predicted octanol–water partition coefficient (Wildman–Crippen LogP) is 4.75. The van der Waals surface area contributed by atoms with Crippen LogP contribution in [0.4, 0.5) is 0 Å². The highest BCUT2D eigenvalue weighted by Crippen LogP contribution is 2.23. The molecule has 0 radical (unpaired) electrons. The lowest BCUT2D eigenvalue weighted by Gasteiger charge is -2.26. The zero-order chi connectivity index (χ0) is 20.7. The van der Waals surface area contributed by atoms with Gasteiger partial charge >= 0.3 is 5.97 Å². The van der Waals surface area contributed by atoms with Crippen LogP contribution in [0.1, 0.15) is 38.3 Å². The molecule has 2 aromatic carbocycles. The molecule has 1 unspecified atom stereocenters. The van der Waals surface area contributed by atoms with E-state index in [2.05, 4.69) is 59.5 Å². The van der Waals surface area contributed by atoms with Gasteiger partial charge in [-0.25, -0.2) is 0 Å². The first-order valence-electron chi connectivity index (χ1n) is 10.2. The SMILES string of the molecule is CC(C)(C)OC(=O)CC1OCC=C1CN(Cc1ccccc1)Cc1ccccc1. The van der Waals surface area contributed by atoms with E-state index >= 15 is 0 Å². The van der Waals surface area contributed by atoms with Crippen molar-refractivity contribution < 1.29 is 14.3 Å². The zero-order valence-electron chi connectivity index (χ0n) is 17.6. The van der Waals surface area contributed by atoms with E-state index in [0.717, 1.165) is 25.2 Å². The van der Waals surface area contributed by atoms with Crippen molar-refractivity contribution in [3.8, 4) is 0 Å². The van der Waals surface area contributed by atoms with Crippen LogP contribution >= 0.6 is 0 Å². The molecule has 0 aliphatic carbocycles. The third-order valence-electron chi connectivity index (χ3n) is 4.73. The molecule has 0 amide bonds. The minimum absolute atomic E-state index is 0.209. The molecular weight excluding hydrogens is 362 g/mol. The second-order valence-corrected chi connectivity index (χ2v) is 8.51. The highest BCUT2D eigenvalue weighted by atomic mass is 16.6. The maximum Gasteiger partial charge on any atom is 0.309 e. The van der Waals surface area contributed by atoms with Gasteiger partial charge in [0.1, 0.15) is 5.60 Å². The molecule has 1 atom stereocenters. The number of rotatable bonds is 8. The zero-order valence-corrected chi connectivity index (χ0v) is 17.6. The Morgan fingerprint density at radius 2 is 1.52 bits per heavy atom. The van der Waals surface area contributed by atoms with E-state index in [9.17, 15) is 4.79 Å². The van der Waals surface area contributed by atoms with Crippen LogP contribution in [0.15, 0.2) is 72.3 Å².